The monoisotopic (exact) mass is 327 g/mol. The van der Waals surface area contributed by atoms with Crippen LogP contribution < -0.4 is 15.8 Å². The van der Waals surface area contributed by atoms with Gasteiger partial charge in [0, 0.05) is 12.7 Å². The molecule has 1 aromatic carbocycles. The molecule has 0 radical (unpaired) electrons. The van der Waals surface area contributed by atoms with Gasteiger partial charge in [-0.2, -0.15) is 5.10 Å². The number of nitrogens with zero attached hydrogens (tertiary/aromatic N) is 3. The van der Waals surface area contributed by atoms with Gasteiger partial charge in [-0.25, -0.2) is 4.99 Å². The zero-order valence-electron chi connectivity index (χ0n) is 12.6. The predicted molar refractivity (Wildman–Crippen MR) is 80.0 cm³/mol. The summed E-state index contributed by atoms with van der Waals surface area (Å²) in [4.78, 5) is 4.16. The number of rotatable bonds is 4. The van der Waals surface area contributed by atoms with E-state index in [2.05, 4.69) is 20.1 Å². The van der Waals surface area contributed by atoms with Crippen LogP contribution in [0, 0.1) is 6.92 Å². The van der Waals surface area contributed by atoms with Crippen LogP contribution in [-0.2, 0) is 13.6 Å². The number of aliphatic imine (C=N–C) groups is 1. The third-order valence-electron chi connectivity index (χ3n) is 2.87. The summed E-state index contributed by atoms with van der Waals surface area (Å²) in [7, 11) is 1.81. The summed E-state index contributed by atoms with van der Waals surface area (Å²) in [5, 5.41) is 6.98. The molecule has 0 saturated carbocycles. The van der Waals surface area contributed by atoms with Gasteiger partial charge in [-0.3, -0.25) is 4.68 Å². The number of ether oxygens (including phenoxy) is 1. The Balaban J connectivity index is 1.95. The van der Waals surface area contributed by atoms with Crippen molar-refractivity contribution in [3.8, 4) is 5.75 Å². The quantitative estimate of drug-likeness (QED) is 0.668. The summed E-state index contributed by atoms with van der Waals surface area (Å²) < 4.78 is 41.7. The number of halogens is 3. The molecule has 0 aliphatic rings. The molecule has 2 rings (SSSR count). The number of alkyl halides is 3. The van der Waals surface area contributed by atoms with Gasteiger partial charge < -0.3 is 15.8 Å². The molecule has 0 aliphatic carbocycles. The van der Waals surface area contributed by atoms with E-state index >= 15 is 0 Å². The number of hydrogen-bond donors (Lipinski definition) is 2. The number of nitrogens with two attached hydrogens (primary N) is 1. The van der Waals surface area contributed by atoms with Crippen LogP contribution in [0.5, 0.6) is 5.75 Å². The Morgan fingerprint density at radius 3 is 2.52 bits per heavy atom. The maximum Gasteiger partial charge on any atom is 0.573 e. The lowest BCUT2D eigenvalue weighted by Crippen LogP contribution is -2.22. The first-order valence-corrected chi connectivity index (χ1v) is 6.65. The number of aromatic nitrogens is 2. The zero-order valence-corrected chi connectivity index (χ0v) is 12.6. The number of benzene rings is 1. The number of anilines is 1. The molecular weight excluding hydrogens is 311 g/mol. The second-order valence-electron chi connectivity index (χ2n) is 4.80. The van der Waals surface area contributed by atoms with Crippen molar-refractivity contribution >= 4 is 11.6 Å². The van der Waals surface area contributed by atoms with Gasteiger partial charge in [-0.05, 0) is 37.3 Å². The van der Waals surface area contributed by atoms with Gasteiger partial charge in [0.25, 0.3) is 0 Å². The predicted octanol–water partition coefficient (Wildman–Crippen LogP) is 2.55. The fraction of sp³-hybridized carbons (Fsp3) is 0.286. The molecule has 0 fully saturated rings. The van der Waals surface area contributed by atoms with E-state index < -0.39 is 6.36 Å². The van der Waals surface area contributed by atoms with E-state index in [1.165, 1.54) is 24.3 Å². The van der Waals surface area contributed by atoms with Gasteiger partial charge in [0.05, 0.1) is 17.9 Å². The van der Waals surface area contributed by atoms with Crippen molar-refractivity contribution in [2.24, 2.45) is 17.8 Å². The van der Waals surface area contributed by atoms with E-state index in [0.29, 0.717) is 12.2 Å². The molecule has 23 heavy (non-hydrogen) atoms. The number of aryl methyl sites for hydroxylation is 2. The van der Waals surface area contributed by atoms with E-state index in [9.17, 15) is 13.2 Å². The molecule has 0 saturated heterocycles. The Morgan fingerprint density at radius 1 is 1.35 bits per heavy atom. The lowest BCUT2D eigenvalue weighted by Gasteiger charge is -2.10. The van der Waals surface area contributed by atoms with E-state index in [4.69, 9.17) is 5.73 Å². The zero-order chi connectivity index (χ0) is 17.0. The first-order chi connectivity index (χ1) is 10.7. The Labute approximate surface area is 130 Å². The lowest BCUT2D eigenvalue weighted by molar-refractivity contribution is -0.274. The van der Waals surface area contributed by atoms with Gasteiger partial charge in [0.15, 0.2) is 5.96 Å². The number of nitrogens with one attached hydrogen (secondary N) is 1. The summed E-state index contributed by atoms with van der Waals surface area (Å²) in [5.74, 6) is -0.155. The second kappa shape index (κ2) is 6.59. The minimum absolute atomic E-state index is 0.147. The average molecular weight is 327 g/mol. The maximum atomic E-state index is 12.1. The Hall–Kier alpha value is -2.71. The Bertz CT molecular complexity index is 691. The van der Waals surface area contributed by atoms with Crippen molar-refractivity contribution in [1.29, 1.82) is 0 Å². The van der Waals surface area contributed by atoms with Crippen LogP contribution in [0.2, 0.25) is 0 Å². The standard InChI is InChI=1S/C14H16F3N5O/c1-9-7-11(22(2)21-9)8-19-13(18)20-10-3-5-12(6-4-10)23-14(15,16)17/h3-7H,8H2,1-2H3,(H3,18,19,20). The number of guanidine groups is 1. The van der Waals surface area contributed by atoms with Crippen molar-refractivity contribution in [2.45, 2.75) is 19.8 Å². The maximum absolute atomic E-state index is 12.1. The van der Waals surface area contributed by atoms with Gasteiger partial charge in [-0.1, -0.05) is 0 Å². The van der Waals surface area contributed by atoms with Crippen molar-refractivity contribution in [3.63, 3.8) is 0 Å². The molecule has 1 aromatic heterocycles. The van der Waals surface area contributed by atoms with Crippen molar-refractivity contribution in [1.82, 2.24) is 9.78 Å². The number of hydrogen-bond acceptors (Lipinski definition) is 3. The molecule has 9 heteroatoms. The minimum atomic E-state index is -4.71. The summed E-state index contributed by atoms with van der Waals surface area (Å²) in [6, 6.07) is 7.09. The molecule has 124 valence electrons. The van der Waals surface area contributed by atoms with E-state index in [-0.39, 0.29) is 11.7 Å². The highest BCUT2D eigenvalue weighted by molar-refractivity contribution is 5.92. The molecule has 0 bridgehead atoms. The first-order valence-electron chi connectivity index (χ1n) is 6.65. The SMILES string of the molecule is Cc1cc(CN=C(N)Nc2ccc(OC(F)(F)F)cc2)n(C)n1. The molecule has 0 unspecified atom stereocenters. The molecular formula is C14H16F3N5O. The van der Waals surface area contributed by atoms with Gasteiger partial charge in [0.1, 0.15) is 5.75 Å². The molecule has 3 N–H and O–H groups in total. The molecule has 0 atom stereocenters. The van der Waals surface area contributed by atoms with Gasteiger partial charge in [0.2, 0.25) is 0 Å². The van der Waals surface area contributed by atoms with E-state index in [1.54, 1.807) is 11.7 Å². The largest absolute Gasteiger partial charge is 0.573 e. The summed E-state index contributed by atoms with van der Waals surface area (Å²) >= 11 is 0. The molecule has 0 amide bonds. The fourth-order valence-corrected chi connectivity index (χ4v) is 1.91. The highest BCUT2D eigenvalue weighted by Gasteiger charge is 2.30. The summed E-state index contributed by atoms with van der Waals surface area (Å²) in [5.41, 5.74) is 8.02. The minimum Gasteiger partial charge on any atom is -0.406 e. The van der Waals surface area contributed by atoms with Crippen LogP contribution in [0.3, 0.4) is 0 Å². The van der Waals surface area contributed by atoms with Crippen LogP contribution in [0.1, 0.15) is 11.4 Å². The average Bonchev–Trinajstić information content (AvgIpc) is 2.75. The molecule has 1 heterocycles. The first kappa shape index (κ1) is 16.7. The van der Waals surface area contributed by atoms with Gasteiger partial charge in [-0.15, -0.1) is 13.2 Å². The lowest BCUT2D eigenvalue weighted by atomic mass is 10.3. The smallest absolute Gasteiger partial charge is 0.406 e. The van der Waals surface area contributed by atoms with Crippen LogP contribution in [0.15, 0.2) is 35.3 Å². The van der Waals surface area contributed by atoms with E-state index in [0.717, 1.165) is 11.4 Å². The molecule has 2 aromatic rings. The highest BCUT2D eigenvalue weighted by Crippen LogP contribution is 2.23. The Kier molecular flexibility index (Phi) is 4.77. The summed E-state index contributed by atoms with van der Waals surface area (Å²) in [6.07, 6.45) is -4.71. The van der Waals surface area contributed by atoms with Crippen molar-refractivity contribution in [3.05, 3.63) is 41.7 Å². The summed E-state index contributed by atoms with van der Waals surface area (Å²) in [6.45, 7) is 2.21. The molecule has 0 spiro atoms. The second-order valence-corrected chi connectivity index (χ2v) is 4.80. The molecule has 0 aliphatic heterocycles. The van der Waals surface area contributed by atoms with Crippen molar-refractivity contribution in [2.75, 3.05) is 5.32 Å². The van der Waals surface area contributed by atoms with Gasteiger partial charge >= 0.3 is 6.36 Å². The van der Waals surface area contributed by atoms with Crippen LogP contribution in [0.25, 0.3) is 0 Å². The van der Waals surface area contributed by atoms with Crippen molar-refractivity contribution < 1.29 is 17.9 Å². The third kappa shape index (κ3) is 5.20. The third-order valence-corrected chi connectivity index (χ3v) is 2.87. The highest BCUT2D eigenvalue weighted by atomic mass is 19.4. The van der Waals surface area contributed by atoms with Crippen LogP contribution in [-0.4, -0.2) is 22.1 Å². The van der Waals surface area contributed by atoms with Crippen LogP contribution in [0.4, 0.5) is 18.9 Å². The van der Waals surface area contributed by atoms with E-state index in [1.807, 2.05) is 13.0 Å². The topological polar surface area (TPSA) is 77.5 Å². The fourth-order valence-electron chi connectivity index (χ4n) is 1.91. The Morgan fingerprint density at radius 2 is 2.00 bits per heavy atom. The van der Waals surface area contributed by atoms with Crippen LogP contribution >= 0.6 is 0 Å². The normalized spacial score (nSPS) is 12.3. The molecule has 6 nitrogen and oxygen atoms in total.